The molecule has 0 spiro atoms. The lowest BCUT2D eigenvalue weighted by Crippen LogP contribution is -2.61. The van der Waals surface area contributed by atoms with E-state index in [0.717, 1.165) is 6.92 Å². The highest BCUT2D eigenvalue weighted by Gasteiger charge is 2.35. The molecule has 0 aliphatic carbocycles. The number of aliphatic carboxylic acids is 2. The fourth-order valence-electron chi connectivity index (χ4n) is 5.74. The van der Waals surface area contributed by atoms with E-state index in [1.54, 1.807) is 0 Å². The molecule has 0 rings (SSSR count). The number of aliphatic hydroxyl groups excluding tert-OH is 1. The third kappa shape index (κ3) is 25.2. The van der Waals surface area contributed by atoms with Crippen molar-refractivity contribution in [3.63, 3.8) is 0 Å². The van der Waals surface area contributed by atoms with Crippen LogP contribution in [0.25, 0.3) is 0 Å². The molecule has 21 N–H and O–H groups in total. The molecule has 32 heteroatoms. The van der Waals surface area contributed by atoms with Crippen LogP contribution < -0.4 is 70.8 Å². The van der Waals surface area contributed by atoms with Crippen molar-refractivity contribution in [2.24, 2.45) is 22.9 Å². The smallest absolute Gasteiger partial charge is 0.328 e. The molecule has 69 heavy (non-hydrogen) atoms. The number of carboxylic acids is 2. The van der Waals surface area contributed by atoms with Crippen molar-refractivity contribution in [3.05, 3.63) is 0 Å². The predicted octanol–water partition coefficient (Wildman–Crippen LogP) is -7.49. The van der Waals surface area contributed by atoms with Gasteiger partial charge in [0, 0.05) is 36.0 Å². The van der Waals surface area contributed by atoms with Crippen LogP contribution in [0.2, 0.25) is 0 Å². The highest BCUT2D eigenvalue weighted by atomic mass is 32.1. The molecule has 9 amide bonds. The second-order valence-electron chi connectivity index (χ2n) is 15.2. The van der Waals surface area contributed by atoms with Gasteiger partial charge in [-0.3, -0.25) is 53.4 Å². The highest BCUT2D eigenvalue weighted by Crippen LogP contribution is 2.09. The second kappa shape index (κ2) is 34.1. The number of carboxylic acid groups (broad SMARTS) is 2. The zero-order chi connectivity index (χ0) is 53.0. The maximum Gasteiger partial charge on any atom is 0.328 e. The lowest BCUT2D eigenvalue weighted by molar-refractivity contribution is -0.145. The van der Waals surface area contributed by atoms with Gasteiger partial charge in [0.1, 0.15) is 42.3 Å². The Labute approximate surface area is 419 Å². The number of thiol groups is 4. The van der Waals surface area contributed by atoms with E-state index in [9.17, 15) is 68.1 Å². The Balaban J connectivity index is 6.34. The van der Waals surface area contributed by atoms with Crippen molar-refractivity contribution < 1.29 is 68.1 Å². The first-order valence-electron chi connectivity index (χ1n) is 21.2. The van der Waals surface area contributed by atoms with Gasteiger partial charge < -0.3 is 86.1 Å². The summed E-state index contributed by atoms with van der Waals surface area (Å²) in [5.41, 5.74) is 21.7. The van der Waals surface area contributed by atoms with Crippen LogP contribution in [-0.4, -0.2) is 183 Å². The molecule has 0 aromatic carbocycles. The Kier molecular flexibility index (Phi) is 31.5. The van der Waals surface area contributed by atoms with Crippen molar-refractivity contribution in [2.75, 3.05) is 36.1 Å². The van der Waals surface area contributed by atoms with Gasteiger partial charge in [0.2, 0.25) is 53.2 Å². The van der Waals surface area contributed by atoms with Crippen LogP contribution >= 0.6 is 50.5 Å². The Morgan fingerprint density at radius 3 is 1.22 bits per heavy atom. The molecule has 0 unspecified atom stereocenters. The number of unbranched alkanes of at least 4 members (excludes halogenated alkanes) is 1. The molecule has 0 heterocycles. The molecule has 0 saturated heterocycles. The van der Waals surface area contributed by atoms with Crippen molar-refractivity contribution in [1.29, 1.82) is 5.41 Å². The summed E-state index contributed by atoms with van der Waals surface area (Å²) < 4.78 is 0. The van der Waals surface area contributed by atoms with Gasteiger partial charge in [0.25, 0.3) is 0 Å². The van der Waals surface area contributed by atoms with Crippen molar-refractivity contribution >= 4 is 122 Å². The summed E-state index contributed by atoms with van der Waals surface area (Å²) in [4.78, 5) is 141. The lowest BCUT2D eigenvalue weighted by Gasteiger charge is -2.27. The summed E-state index contributed by atoms with van der Waals surface area (Å²) in [6.45, 7) is 1.30. The molecule has 0 aromatic rings. The predicted molar refractivity (Wildman–Crippen MR) is 261 cm³/mol. The molecular weight excluding hydrogens is 993 g/mol. The van der Waals surface area contributed by atoms with Crippen LogP contribution in [-0.2, 0) is 52.7 Å². The van der Waals surface area contributed by atoms with E-state index < -0.39 is 151 Å². The molecular formula is C37H66N14O14S4. The molecule has 0 fully saturated rings. The van der Waals surface area contributed by atoms with Gasteiger partial charge in [-0.05, 0) is 52.0 Å². The first-order valence-corrected chi connectivity index (χ1v) is 23.7. The number of aliphatic hydroxyl groups is 1. The van der Waals surface area contributed by atoms with Gasteiger partial charge in [-0.15, -0.1) is 0 Å². The van der Waals surface area contributed by atoms with Crippen LogP contribution in [0.5, 0.6) is 0 Å². The van der Waals surface area contributed by atoms with E-state index >= 15 is 0 Å². The van der Waals surface area contributed by atoms with Gasteiger partial charge in [0.05, 0.1) is 18.6 Å². The summed E-state index contributed by atoms with van der Waals surface area (Å²) in [5.74, 6) is -13.3. The van der Waals surface area contributed by atoms with Crippen LogP contribution in [0.15, 0.2) is 0 Å². The zero-order valence-electron chi connectivity index (χ0n) is 37.6. The normalized spacial score (nSPS) is 15.2. The number of nitrogens with one attached hydrogen (secondary N) is 10. The number of nitrogens with two attached hydrogens (primary N) is 4. The van der Waals surface area contributed by atoms with E-state index in [2.05, 4.69) is 98.4 Å². The molecule has 0 aliphatic rings. The minimum absolute atomic E-state index is 0.0401. The maximum atomic E-state index is 13.9. The summed E-state index contributed by atoms with van der Waals surface area (Å²) in [6, 6.07) is -13.4. The van der Waals surface area contributed by atoms with Gasteiger partial charge in [0.15, 0.2) is 12.0 Å². The Bertz CT molecular complexity index is 1810. The molecule has 0 aliphatic heterocycles. The average molecular weight is 1060 g/mol. The van der Waals surface area contributed by atoms with Crippen LogP contribution in [0.1, 0.15) is 58.3 Å². The number of amides is 9. The van der Waals surface area contributed by atoms with Gasteiger partial charge in [-0.2, -0.15) is 50.5 Å². The lowest BCUT2D eigenvalue weighted by atomic mass is 10.0. The van der Waals surface area contributed by atoms with E-state index in [0.29, 0.717) is 6.42 Å². The SMILES string of the molecule is C[C@@H](O)[C@H](NC(=O)[C@H](CCC(=O)O)NC(=O)[C@H](CCCCN)NC(=O)[C@H](CCCNC(=N)N)NC(=O)[C@H](CS)NC(=O)[C@H](CS)NC(=O)[C@H](CS)NC(=O)[C@H](CS)NC(=O)[C@@H](N)CC(N)=O)C(=O)O. The number of carbonyl (C=O) groups excluding carboxylic acids is 9. The fraction of sp³-hybridized carbons (Fsp3) is 0.676. The summed E-state index contributed by atoms with van der Waals surface area (Å²) in [5, 5.41) is 57.3. The van der Waals surface area contributed by atoms with E-state index in [4.69, 9.17) is 28.3 Å². The molecule has 0 radical (unpaired) electrons. The monoisotopic (exact) mass is 1060 g/mol. The number of guanidine groups is 1. The third-order valence-corrected chi connectivity index (χ3v) is 11.0. The minimum Gasteiger partial charge on any atom is -0.481 e. The number of carbonyl (C=O) groups is 11. The average Bonchev–Trinajstić information content (AvgIpc) is 3.27. The van der Waals surface area contributed by atoms with Gasteiger partial charge >= 0.3 is 11.9 Å². The first-order chi connectivity index (χ1) is 32.4. The molecule has 28 nitrogen and oxygen atoms in total. The fourth-order valence-corrected chi connectivity index (χ4v) is 6.77. The first kappa shape index (κ1) is 63.7. The molecule has 0 bridgehead atoms. The van der Waals surface area contributed by atoms with Crippen LogP contribution in [0, 0.1) is 5.41 Å². The molecule has 392 valence electrons. The highest BCUT2D eigenvalue weighted by molar-refractivity contribution is 7.80. The van der Waals surface area contributed by atoms with Crippen LogP contribution in [0.3, 0.4) is 0 Å². The number of hydrogen-bond acceptors (Lipinski definition) is 19. The minimum atomic E-state index is -1.83. The summed E-state index contributed by atoms with van der Waals surface area (Å²) >= 11 is 16.4. The zero-order valence-corrected chi connectivity index (χ0v) is 41.2. The molecule has 10 atom stereocenters. The number of primary amides is 1. The quantitative estimate of drug-likeness (QED) is 0.0121. The van der Waals surface area contributed by atoms with Gasteiger partial charge in [-0.1, -0.05) is 0 Å². The summed E-state index contributed by atoms with van der Waals surface area (Å²) in [7, 11) is 0. The Morgan fingerprint density at radius 1 is 0.536 bits per heavy atom. The van der Waals surface area contributed by atoms with Gasteiger partial charge in [-0.25, -0.2) is 4.79 Å². The Morgan fingerprint density at radius 2 is 0.884 bits per heavy atom. The standard InChI is InChI=1S/C37H66N14O14S4/c1-16(52)27(36(64)65)51-31(59)20(7-8-26(54)55)46-29(57)18(5-2-3-9-38)44-30(58)19(6-4-10-43-37(41)42)45-32(60)22(13-67)48-34(62)24(15-69)50-35(63)23(14-68)49-33(61)21(12-66)47-28(56)17(39)11-25(40)53/h16-24,27,52,66-69H,2-15,38-39H2,1H3,(H2,40,53)(H,44,58)(H,45,60)(H,46,57)(H,47,56)(H,48,62)(H,49,61)(H,50,63)(H,51,59)(H,54,55)(H,64,65)(H4,41,42,43)/t16-,17+,18+,19+,20+,21+,22+,23+,24+,27+/m1/s1. The topological polar surface area (TPSA) is 485 Å². The molecule has 0 aromatic heterocycles. The Hall–Kier alpha value is -5.28. The van der Waals surface area contributed by atoms with E-state index in [1.807, 2.05) is 0 Å². The van der Waals surface area contributed by atoms with Crippen molar-refractivity contribution in [1.82, 2.24) is 47.9 Å². The van der Waals surface area contributed by atoms with E-state index in [1.165, 1.54) is 0 Å². The maximum absolute atomic E-state index is 13.9. The van der Waals surface area contributed by atoms with E-state index in [-0.39, 0.29) is 61.8 Å². The second-order valence-corrected chi connectivity index (χ2v) is 16.7. The number of hydrogen-bond donors (Lipinski definition) is 21. The largest absolute Gasteiger partial charge is 0.481 e. The summed E-state index contributed by atoms with van der Waals surface area (Å²) in [6.07, 6.45) is -2.85. The third-order valence-electron chi connectivity index (χ3n) is 9.54. The number of rotatable bonds is 35. The van der Waals surface area contributed by atoms with Crippen molar-refractivity contribution in [2.45, 2.75) is 119 Å². The molecule has 0 saturated carbocycles. The van der Waals surface area contributed by atoms with Crippen molar-refractivity contribution in [3.8, 4) is 0 Å². The van der Waals surface area contributed by atoms with Crippen LogP contribution in [0.4, 0.5) is 0 Å².